The van der Waals surface area contributed by atoms with Crippen LogP contribution in [-0.2, 0) is 6.54 Å². The first-order valence-corrected chi connectivity index (χ1v) is 12.5. The van der Waals surface area contributed by atoms with E-state index in [-0.39, 0.29) is 5.91 Å². The van der Waals surface area contributed by atoms with Gasteiger partial charge >= 0.3 is 0 Å². The van der Waals surface area contributed by atoms with Crippen molar-refractivity contribution in [3.8, 4) is 11.1 Å². The molecule has 0 saturated heterocycles. The predicted octanol–water partition coefficient (Wildman–Crippen LogP) is 6.05. The smallest absolute Gasteiger partial charge is 0.264 e. The Morgan fingerprint density at radius 2 is 1.97 bits per heavy atom. The Labute approximate surface area is 197 Å². The second kappa shape index (κ2) is 8.27. The summed E-state index contributed by atoms with van der Waals surface area (Å²) in [6.07, 6.45) is 6.24. The van der Waals surface area contributed by atoms with E-state index in [1.54, 1.807) is 6.33 Å². The summed E-state index contributed by atoms with van der Waals surface area (Å²) in [5.74, 6) is 1.06. The van der Waals surface area contributed by atoms with Crippen LogP contribution in [-0.4, -0.2) is 32.9 Å². The van der Waals surface area contributed by atoms with Crippen LogP contribution in [0.4, 0.5) is 5.82 Å². The number of benzene rings is 2. The van der Waals surface area contributed by atoms with Crippen molar-refractivity contribution in [3.05, 3.63) is 76.2 Å². The number of aryl methyl sites for hydroxylation is 1. The zero-order valence-corrected chi connectivity index (χ0v) is 19.4. The molecular formula is C27H26N4OS. The van der Waals surface area contributed by atoms with Crippen LogP contribution in [0, 0.1) is 6.92 Å². The van der Waals surface area contributed by atoms with E-state index in [0.29, 0.717) is 18.6 Å². The number of nitrogens with zero attached hydrogens (tertiary/aromatic N) is 3. The molecule has 0 spiro atoms. The van der Waals surface area contributed by atoms with E-state index >= 15 is 0 Å². The molecule has 0 bridgehead atoms. The summed E-state index contributed by atoms with van der Waals surface area (Å²) in [5.41, 5.74) is 5.65. The van der Waals surface area contributed by atoms with Gasteiger partial charge in [-0.1, -0.05) is 24.3 Å². The number of carbonyl (C=O) groups excluding carboxylic acids is 1. The maximum absolute atomic E-state index is 13.1. The quantitative estimate of drug-likeness (QED) is 0.370. The number of hydrogen-bond donors (Lipinski definition) is 1. The fourth-order valence-corrected chi connectivity index (χ4v) is 5.06. The van der Waals surface area contributed by atoms with Gasteiger partial charge < -0.3 is 10.2 Å². The molecule has 4 aromatic rings. The van der Waals surface area contributed by atoms with E-state index in [1.807, 2.05) is 22.4 Å². The molecule has 33 heavy (non-hydrogen) atoms. The van der Waals surface area contributed by atoms with E-state index in [9.17, 15) is 4.79 Å². The van der Waals surface area contributed by atoms with Crippen molar-refractivity contribution in [2.75, 3.05) is 5.32 Å². The Kier molecular flexibility index (Phi) is 5.10. The third-order valence-corrected chi connectivity index (χ3v) is 7.33. The Bertz CT molecular complexity index is 1330. The van der Waals surface area contributed by atoms with Gasteiger partial charge in [0.2, 0.25) is 0 Å². The van der Waals surface area contributed by atoms with Crippen molar-refractivity contribution in [1.29, 1.82) is 0 Å². The van der Waals surface area contributed by atoms with Gasteiger partial charge in [0, 0.05) is 24.0 Å². The lowest BCUT2D eigenvalue weighted by Crippen LogP contribution is -2.32. The van der Waals surface area contributed by atoms with Gasteiger partial charge in [0.1, 0.15) is 12.1 Å². The number of nitrogens with one attached hydrogen (secondary N) is 1. The summed E-state index contributed by atoms with van der Waals surface area (Å²) in [5, 5.41) is 6.57. The summed E-state index contributed by atoms with van der Waals surface area (Å²) in [4.78, 5) is 25.0. The van der Waals surface area contributed by atoms with Gasteiger partial charge in [0.15, 0.2) is 0 Å². The molecule has 2 saturated carbocycles. The first kappa shape index (κ1) is 20.4. The highest BCUT2D eigenvalue weighted by Gasteiger charge is 2.33. The standard InChI is InChI=1S/C27H26N4OS/c1-17-12-24-23(26(29-16-28-24)30-20-7-8-20)14-22(17)19-5-2-4-18(13-19)15-31(21-9-10-21)27(32)25-6-3-11-33-25/h2-6,11-14,16,20-21H,7-10,15H2,1H3,(H,28,29,30). The number of carbonyl (C=O) groups is 1. The van der Waals surface area contributed by atoms with E-state index in [1.165, 1.54) is 35.3 Å². The van der Waals surface area contributed by atoms with E-state index < -0.39 is 0 Å². The fraction of sp³-hybridized carbons (Fsp3) is 0.296. The highest BCUT2D eigenvalue weighted by atomic mass is 32.1. The molecule has 0 aliphatic heterocycles. The monoisotopic (exact) mass is 454 g/mol. The molecule has 6 rings (SSSR count). The van der Waals surface area contributed by atoms with Crippen molar-refractivity contribution in [1.82, 2.24) is 14.9 Å². The summed E-state index contributed by atoms with van der Waals surface area (Å²) < 4.78 is 0. The maximum atomic E-state index is 13.1. The molecule has 1 N–H and O–H groups in total. The molecular weight excluding hydrogens is 428 g/mol. The van der Waals surface area contributed by atoms with Crippen molar-refractivity contribution >= 4 is 34.0 Å². The summed E-state index contributed by atoms with van der Waals surface area (Å²) >= 11 is 1.52. The molecule has 6 heteroatoms. The van der Waals surface area contributed by atoms with Gasteiger partial charge in [0.05, 0.1) is 10.4 Å². The number of hydrogen-bond acceptors (Lipinski definition) is 5. The van der Waals surface area contributed by atoms with Crippen LogP contribution in [0.15, 0.2) is 60.2 Å². The van der Waals surface area contributed by atoms with Gasteiger partial charge in [-0.15, -0.1) is 11.3 Å². The lowest BCUT2D eigenvalue weighted by atomic mass is 9.96. The molecule has 5 nitrogen and oxygen atoms in total. The average molecular weight is 455 g/mol. The average Bonchev–Trinajstić information content (AvgIpc) is 3.76. The van der Waals surface area contributed by atoms with Crippen LogP contribution in [0.5, 0.6) is 0 Å². The van der Waals surface area contributed by atoms with Crippen LogP contribution < -0.4 is 5.32 Å². The molecule has 0 unspecified atom stereocenters. The molecule has 2 aromatic carbocycles. The fourth-order valence-electron chi connectivity index (χ4n) is 4.38. The molecule has 1 amide bonds. The molecule has 2 heterocycles. The van der Waals surface area contributed by atoms with Gasteiger partial charge in [-0.25, -0.2) is 9.97 Å². The molecule has 2 fully saturated rings. The van der Waals surface area contributed by atoms with Crippen molar-refractivity contribution in [2.45, 2.75) is 51.2 Å². The third kappa shape index (κ3) is 4.23. The van der Waals surface area contributed by atoms with E-state index in [4.69, 9.17) is 0 Å². The van der Waals surface area contributed by atoms with Crippen LogP contribution in [0.1, 0.15) is 46.5 Å². The topological polar surface area (TPSA) is 58.1 Å². The van der Waals surface area contributed by atoms with Crippen molar-refractivity contribution in [2.24, 2.45) is 0 Å². The Morgan fingerprint density at radius 3 is 2.73 bits per heavy atom. The van der Waals surface area contributed by atoms with Gasteiger partial charge in [-0.3, -0.25) is 4.79 Å². The Hall–Kier alpha value is -3.25. The molecule has 166 valence electrons. The van der Waals surface area contributed by atoms with Crippen LogP contribution >= 0.6 is 11.3 Å². The Balaban J connectivity index is 1.33. The lowest BCUT2D eigenvalue weighted by molar-refractivity contribution is 0.0735. The van der Waals surface area contributed by atoms with E-state index in [2.05, 4.69) is 58.6 Å². The van der Waals surface area contributed by atoms with Gasteiger partial charge in [-0.2, -0.15) is 0 Å². The number of aromatic nitrogens is 2. The molecule has 2 aromatic heterocycles. The van der Waals surface area contributed by atoms with Crippen molar-refractivity contribution in [3.63, 3.8) is 0 Å². The van der Waals surface area contributed by atoms with Crippen LogP contribution in [0.3, 0.4) is 0 Å². The Morgan fingerprint density at radius 1 is 1.09 bits per heavy atom. The van der Waals surface area contributed by atoms with Crippen LogP contribution in [0.2, 0.25) is 0 Å². The molecule has 0 radical (unpaired) electrons. The zero-order chi connectivity index (χ0) is 22.4. The normalized spacial score (nSPS) is 15.5. The maximum Gasteiger partial charge on any atom is 0.264 e. The SMILES string of the molecule is Cc1cc2ncnc(NC3CC3)c2cc1-c1cccc(CN(C(=O)c2cccs2)C2CC2)c1. The number of fused-ring (bicyclic) bond motifs is 1. The minimum atomic E-state index is 0.146. The number of rotatable bonds is 7. The highest BCUT2D eigenvalue weighted by Crippen LogP contribution is 2.34. The van der Waals surface area contributed by atoms with Crippen molar-refractivity contribution < 1.29 is 4.79 Å². The first-order chi connectivity index (χ1) is 16.2. The predicted molar refractivity (Wildman–Crippen MR) is 134 cm³/mol. The second-order valence-electron chi connectivity index (χ2n) is 9.17. The van der Waals surface area contributed by atoms with E-state index in [0.717, 1.165) is 45.6 Å². The summed E-state index contributed by atoms with van der Waals surface area (Å²) in [6.45, 7) is 2.77. The number of thiophene rings is 1. The molecule has 2 aliphatic rings. The number of anilines is 1. The summed E-state index contributed by atoms with van der Waals surface area (Å²) in [7, 11) is 0. The number of amides is 1. The first-order valence-electron chi connectivity index (χ1n) is 11.6. The highest BCUT2D eigenvalue weighted by molar-refractivity contribution is 7.12. The largest absolute Gasteiger partial charge is 0.367 e. The minimum Gasteiger partial charge on any atom is -0.367 e. The third-order valence-electron chi connectivity index (χ3n) is 6.47. The summed E-state index contributed by atoms with van der Waals surface area (Å²) in [6, 6.07) is 17.7. The molecule has 2 aliphatic carbocycles. The zero-order valence-electron chi connectivity index (χ0n) is 18.6. The second-order valence-corrected chi connectivity index (χ2v) is 10.1. The minimum absolute atomic E-state index is 0.146. The van der Waals surface area contributed by atoms with Gasteiger partial charge in [0.25, 0.3) is 5.91 Å². The van der Waals surface area contributed by atoms with Crippen LogP contribution in [0.25, 0.3) is 22.0 Å². The van der Waals surface area contributed by atoms with Gasteiger partial charge in [-0.05, 0) is 84.5 Å². The molecule has 0 atom stereocenters. The lowest BCUT2D eigenvalue weighted by Gasteiger charge is -2.22.